The Morgan fingerprint density at radius 2 is 1.95 bits per heavy atom. The Bertz CT molecular complexity index is 758. The molecule has 5 nitrogen and oxygen atoms in total. The number of rotatable bonds is 4. The first-order valence-corrected chi connectivity index (χ1v) is 8.22. The van der Waals surface area contributed by atoms with Gasteiger partial charge in [0, 0.05) is 6.20 Å². The van der Waals surface area contributed by atoms with Crippen LogP contribution < -0.4 is 5.32 Å². The standard InChI is InChI=1S/C14H13ClN2O3S/c1-2-21(19,20)12-6-4-3-5-11(12)17-14(18)10-7-8-13(15)16-9-10/h3-9H,2H2,1H3,(H,17,18). The summed E-state index contributed by atoms with van der Waals surface area (Å²) >= 11 is 5.66. The van der Waals surface area contributed by atoms with Crippen LogP contribution in [0.1, 0.15) is 17.3 Å². The highest BCUT2D eigenvalue weighted by molar-refractivity contribution is 7.91. The van der Waals surface area contributed by atoms with Crippen LogP contribution in [0.15, 0.2) is 47.5 Å². The molecule has 1 amide bonds. The van der Waals surface area contributed by atoms with Crippen LogP contribution in [0.3, 0.4) is 0 Å². The van der Waals surface area contributed by atoms with E-state index in [9.17, 15) is 13.2 Å². The molecule has 0 bridgehead atoms. The fourth-order valence-electron chi connectivity index (χ4n) is 1.70. The maximum Gasteiger partial charge on any atom is 0.257 e. The van der Waals surface area contributed by atoms with Crippen molar-refractivity contribution < 1.29 is 13.2 Å². The molecule has 0 fully saturated rings. The molecule has 1 heterocycles. The molecule has 0 spiro atoms. The van der Waals surface area contributed by atoms with Gasteiger partial charge in [0.25, 0.3) is 5.91 Å². The number of carbonyl (C=O) groups is 1. The number of hydrogen-bond acceptors (Lipinski definition) is 4. The molecule has 0 aliphatic rings. The zero-order valence-corrected chi connectivity index (χ0v) is 12.8. The summed E-state index contributed by atoms with van der Waals surface area (Å²) in [5.41, 5.74) is 0.544. The van der Waals surface area contributed by atoms with E-state index in [4.69, 9.17) is 11.6 Å². The molecule has 0 atom stereocenters. The number of halogens is 1. The van der Waals surface area contributed by atoms with Crippen molar-refractivity contribution in [2.45, 2.75) is 11.8 Å². The van der Waals surface area contributed by atoms with Gasteiger partial charge in [-0.1, -0.05) is 30.7 Å². The summed E-state index contributed by atoms with van der Waals surface area (Å²) in [7, 11) is -3.41. The lowest BCUT2D eigenvalue weighted by molar-refractivity contribution is 0.102. The van der Waals surface area contributed by atoms with Crippen molar-refractivity contribution in [1.29, 1.82) is 0 Å². The van der Waals surface area contributed by atoms with Gasteiger partial charge in [0.1, 0.15) is 5.15 Å². The first-order chi connectivity index (χ1) is 9.94. The van der Waals surface area contributed by atoms with Crippen molar-refractivity contribution in [3.63, 3.8) is 0 Å². The SMILES string of the molecule is CCS(=O)(=O)c1ccccc1NC(=O)c1ccc(Cl)nc1. The fourth-order valence-corrected chi connectivity index (χ4v) is 2.86. The number of anilines is 1. The Hall–Kier alpha value is -1.92. The van der Waals surface area contributed by atoms with Gasteiger partial charge in [0.2, 0.25) is 0 Å². The third-order valence-electron chi connectivity index (χ3n) is 2.84. The molecular formula is C14H13ClN2O3S. The Morgan fingerprint density at radius 1 is 1.24 bits per heavy atom. The summed E-state index contributed by atoms with van der Waals surface area (Å²) in [5, 5.41) is 2.86. The molecule has 2 rings (SSSR count). The lowest BCUT2D eigenvalue weighted by Crippen LogP contribution is -2.15. The van der Waals surface area contributed by atoms with Crippen LogP contribution in [-0.2, 0) is 9.84 Å². The van der Waals surface area contributed by atoms with E-state index in [1.165, 1.54) is 24.4 Å². The number of nitrogens with one attached hydrogen (secondary N) is 1. The Kier molecular flexibility index (Phi) is 4.59. The van der Waals surface area contributed by atoms with E-state index in [-0.39, 0.29) is 21.5 Å². The van der Waals surface area contributed by atoms with Gasteiger partial charge in [-0.2, -0.15) is 0 Å². The van der Waals surface area contributed by atoms with Crippen LogP contribution in [0.4, 0.5) is 5.69 Å². The van der Waals surface area contributed by atoms with Gasteiger partial charge < -0.3 is 5.32 Å². The van der Waals surface area contributed by atoms with Crippen molar-refractivity contribution in [3.05, 3.63) is 53.3 Å². The van der Waals surface area contributed by atoms with Crippen molar-refractivity contribution in [3.8, 4) is 0 Å². The van der Waals surface area contributed by atoms with E-state index >= 15 is 0 Å². The minimum absolute atomic E-state index is 0.0393. The van der Waals surface area contributed by atoms with Crippen LogP contribution in [0, 0.1) is 0 Å². The number of hydrogen-bond donors (Lipinski definition) is 1. The molecule has 0 radical (unpaired) electrons. The first kappa shape index (κ1) is 15.5. The van der Waals surface area contributed by atoms with E-state index in [1.807, 2.05) is 0 Å². The number of nitrogens with zero attached hydrogens (tertiary/aromatic N) is 1. The molecule has 0 aliphatic carbocycles. The van der Waals surface area contributed by atoms with Gasteiger partial charge in [-0.3, -0.25) is 4.79 Å². The average Bonchev–Trinajstić information content (AvgIpc) is 2.48. The highest BCUT2D eigenvalue weighted by Gasteiger charge is 2.18. The molecule has 21 heavy (non-hydrogen) atoms. The topological polar surface area (TPSA) is 76.1 Å². The van der Waals surface area contributed by atoms with Gasteiger partial charge >= 0.3 is 0 Å². The Labute approximate surface area is 127 Å². The normalized spacial score (nSPS) is 11.1. The highest BCUT2D eigenvalue weighted by Crippen LogP contribution is 2.22. The summed E-state index contributed by atoms with van der Waals surface area (Å²) in [5.74, 6) is -0.486. The summed E-state index contributed by atoms with van der Waals surface area (Å²) in [6, 6.07) is 9.29. The van der Waals surface area contributed by atoms with Gasteiger partial charge in [-0.05, 0) is 24.3 Å². The molecule has 0 aliphatic heterocycles. The molecule has 0 saturated heterocycles. The predicted octanol–water partition coefficient (Wildman–Crippen LogP) is 2.78. The molecule has 1 N–H and O–H groups in total. The molecule has 7 heteroatoms. The maximum absolute atomic E-state index is 12.1. The van der Waals surface area contributed by atoms with Gasteiger partial charge in [-0.25, -0.2) is 13.4 Å². The Balaban J connectivity index is 2.32. The summed E-state index contributed by atoms with van der Waals surface area (Å²) in [6.45, 7) is 1.55. The van der Waals surface area contributed by atoms with Gasteiger partial charge in [-0.15, -0.1) is 0 Å². The molecule has 1 aromatic carbocycles. The van der Waals surface area contributed by atoms with Crippen LogP contribution >= 0.6 is 11.6 Å². The number of para-hydroxylation sites is 1. The van der Waals surface area contributed by atoms with E-state index in [0.29, 0.717) is 5.56 Å². The van der Waals surface area contributed by atoms with Crippen LogP contribution in [0.5, 0.6) is 0 Å². The van der Waals surface area contributed by atoms with E-state index in [2.05, 4.69) is 10.3 Å². The van der Waals surface area contributed by atoms with E-state index in [1.54, 1.807) is 25.1 Å². The lowest BCUT2D eigenvalue weighted by Gasteiger charge is -2.10. The number of pyridine rings is 1. The second kappa shape index (κ2) is 6.24. The number of amides is 1. The van der Waals surface area contributed by atoms with Crippen molar-refractivity contribution in [2.24, 2.45) is 0 Å². The lowest BCUT2D eigenvalue weighted by atomic mass is 10.2. The highest BCUT2D eigenvalue weighted by atomic mass is 35.5. The molecule has 110 valence electrons. The maximum atomic E-state index is 12.1. The van der Waals surface area contributed by atoms with Crippen molar-refractivity contribution >= 4 is 33.0 Å². The van der Waals surface area contributed by atoms with Gasteiger partial charge in [0.05, 0.1) is 21.9 Å². The smallest absolute Gasteiger partial charge is 0.257 e. The van der Waals surface area contributed by atoms with Gasteiger partial charge in [0.15, 0.2) is 9.84 Å². The minimum Gasteiger partial charge on any atom is -0.321 e. The number of aromatic nitrogens is 1. The minimum atomic E-state index is -3.41. The second-order valence-electron chi connectivity index (χ2n) is 4.22. The summed E-state index contributed by atoms with van der Waals surface area (Å²) in [6.07, 6.45) is 1.33. The summed E-state index contributed by atoms with van der Waals surface area (Å²) < 4.78 is 24.0. The quantitative estimate of drug-likeness (QED) is 0.877. The molecule has 0 unspecified atom stereocenters. The number of benzene rings is 1. The van der Waals surface area contributed by atoms with Crippen molar-refractivity contribution in [1.82, 2.24) is 4.98 Å². The number of carbonyl (C=O) groups excluding carboxylic acids is 1. The van der Waals surface area contributed by atoms with E-state index in [0.717, 1.165) is 0 Å². The van der Waals surface area contributed by atoms with Crippen LogP contribution in [0.25, 0.3) is 0 Å². The number of sulfone groups is 1. The zero-order valence-electron chi connectivity index (χ0n) is 11.2. The second-order valence-corrected chi connectivity index (χ2v) is 6.86. The predicted molar refractivity (Wildman–Crippen MR) is 81.4 cm³/mol. The molecular weight excluding hydrogens is 312 g/mol. The molecule has 2 aromatic rings. The van der Waals surface area contributed by atoms with Crippen molar-refractivity contribution in [2.75, 3.05) is 11.1 Å². The van der Waals surface area contributed by atoms with Crippen LogP contribution in [-0.4, -0.2) is 25.1 Å². The van der Waals surface area contributed by atoms with Crippen LogP contribution in [0.2, 0.25) is 5.15 Å². The van der Waals surface area contributed by atoms with E-state index < -0.39 is 15.7 Å². The molecule has 1 aromatic heterocycles. The third kappa shape index (κ3) is 3.59. The Morgan fingerprint density at radius 3 is 2.57 bits per heavy atom. The first-order valence-electron chi connectivity index (χ1n) is 6.18. The average molecular weight is 325 g/mol. The summed E-state index contributed by atoms with van der Waals surface area (Å²) in [4.78, 5) is 16.0. The third-order valence-corrected chi connectivity index (χ3v) is 4.85. The zero-order chi connectivity index (χ0) is 15.5. The monoisotopic (exact) mass is 324 g/mol. The molecule has 0 saturated carbocycles. The largest absolute Gasteiger partial charge is 0.321 e. The fraction of sp³-hybridized carbons (Fsp3) is 0.143.